The summed E-state index contributed by atoms with van der Waals surface area (Å²) in [6, 6.07) is -1.01. The standard InChI is InChI=1S/C11H21N2O7/c12-1-5-8(16)9(17)7(13)11(19-5)20-10-4(15)3-18-6(10)2-14/h3-11,14-17H,1-2,12-13H2/t4-,5-,6+,7+,8+,9+,10-,11+/m0/s1. The molecule has 0 bridgehead atoms. The summed E-state index contributed by atoms with van der Waals surface area (Å²) in [6.07, 6.45) is -7.06. The van der Waals surface area contributed by atoms with Crippen LogP contribution in [0.4, 0.5) is 0 Å². The van der Waals surface area contributed by atoms with Crippen LogP contribution in [0.25, 0.3) is 0 Å². The minimum absolute atomic E-state index is 0.0237. The lowest BCUT2D eigenvalue weighted by Crippen LogP contribution is -2.64. The predicted octanol–water partition coefficient (Wildman–Crippen LogP) is -3.98. The molecule has 0 spiro atoms. The molecule has 2 aliphatic rings. The molecule has 2 aliphatic heterocycles. The molecule has 2 heterocycles. The third kappa shape index (κ3) is 2.96. The SMILES string of the molecule is NC[C@@H]1O[C@H](O[C@H]2[C@@H](O)[CH]O[C@@H]2CO)[C@H](N)[C@@H](O)[C@@H]1O. The maximum atomic E-state index is 9.84. The summed E-state index contributed by atoms with van der Waals surface area (Å²) in [7, 11) is 0. The van der Waals surface area contributed by atoms with Crippen molar-refractivity contribution in [3.05, 3.63) is 6.61 Å². The summed E-state index contributed by atoms with van der Waals surface area (Å²) in [5, 5.41) is 38.4. The molecule has 0 amide bonds. The zero-order valence-corrected chi connectivity index (χ0v) is 10.8. The van der Waals surface area contributed by atoms with Gasteiger partial charge in [-0.2, -0.15) is 0 Å². The van der Waals surface area contributed by atoms with E-state index in [4.69, 9.17) is 30.8 Å². The van der Waals surface area contributed by atoms with Gasteiger partial charge >= 0.3 is 0 Å². The first-order valence-corrected chi connectivity index (χ1v) is 6.40. The zero-order chi connectivity index (χ0) is 14.9. The minimum atomic E-state index is -1.27. The Morgan fingerprint density at radius 3 is 2.45 bits per heavy atom. The summed E-state index contributed by atoms with van der Waals surface area (Å²) >= 11 is 0. The van der Waals surface area contributed by atoms with Crippen LogP contribution in [0.2, 0.25) is 0 Å². The fourth-order valence-electron chi connectivity index (χ4n) is 2.30. The van der Waals surface area contributed by atoms with E-state index in [9.17, 15) is 15.3 Å². The Morgan fingerprint density at radius 1 is 1.15 bits per heavy atom. The molecule has 8 N–H and O–H groups in total. The molecule has 0 aliphatic carbocycles. The lowest BCUT2D eigenvalue weighted by molar-refractivity contribution is -0.279. The van der Waals surface area contributed by atoms with E-state index in [0.717, 1.165) is 6.61 Å². The maximum absolute atomic E-state index is 9.84. The van der Waals surface area contributed by atoms with E-state index in [1.165, 1.54) is 0 Å². The van der Waals surface area contributed by atoms with Crippen LogP contribution in [0.3, 0.4) is 0 Å². The Labute approximate surface area is 116 Å². The quantitative estimate of drug-likeness (QED) is 0.303. The highest BCUT2D eigenvalue weighted by atomic mass is 16.7. The van der Waals surface area contributed by atoms with Gasteiger partial charge in [0.1, 0.15) is 43.2 Å². The Hall–Kier alpha value is -0.360. The van der Waals surface area contributed by atoms with E-state index in [1.54, 1.807) is 0 Å². The summed E-state index contributed by atoms with van der Waals surface area (Å²) in [6.45, 7) is 0.765. The van der Waals surface area contributed by atoms with Crippen LogP contribution in [-0.2, 0) is 14.2 Å². The topological polar surface area (TPSA) is 161 Å². The molecule has 0 aromatic rings. The van der Waals surface area contributed by atoms with Crippen molar-refractivity contribution in [3.8, 4) is 0 Å². The lowest BCUT2D eigenvalue weighted by Gasteiger charge is -2.42. The highest BCUT2D eigenvalue weighted by Crippen LogP contribution is 2.27. The fraction of sp³-hybridized carbons (Fsp3) is 0.909. The van der Waals surface area contributed by atoms with Gasteiger partial charge in [-0.25, -0.2) is 0 Å². The molecule has 20 heavy (non-hydrogen) atoms. The Bertz CT molecular complexity index is 319. The van der Waals surface area contributed by atoms with Gasteiger partial charge in [-0.3, -0.25) is 0 Å². The molecule has 9 nitrogen and oxygen atoms in total. The van der Waals surface area contributed by atoms with E-state index < -0.39 is 49.0 Å². The third-order valence-corrected chi connectivity index (χ3v) is 3.55. The second-order valence-corrected chi connectivity index (χ2v) is 4.92. The maximum Gasteiger partial charge on any atom is 0.176 e. The second-order valence-electron chi connectivity index (χ2n) is 4.92. The number of ether oxygens (including phenoxy) is 3. The van der Waals surface area contributed by atoms with Gasteiger partial charge < -0.3 is 46.1 Å². The molecular formula is C11H21N2O7. The largest absolute Gasteiger partial charge is 0.394 e. The molecule has 9 heteroatoms. The number of nitrogens with two attached hydrogens (primary N) is 2. The van der Waals surface area contributed by atoms with Crippen molar-refractivity contribution in [1.82, 2.24) is 0 Å². The molecule has 0 unspecified atom stereocenters. The summed E-state index contributed by atoms with van der Waals surface area (Å²) in [4.78, 5) is 0. The number of aliphatic hydroxyl groups excluding tert-OH is 4. The molecule has 2 saturated heterocycles. The molecule has 0 aromatic heterocycles. The van der Waals surface area contributed by atoms with Gasteiger partial charge in [0.15, 0.2) is 6.29 Å². The smallest absolute Gasteiger partial charge is 0.176 e. The van der Waals surface area contributed by atoms with Crippen LogP contribution < -0.4 is 11.5 Å². The zero-order valence-electron chi connectivity index (χ0n) is 10.8. The van der Waals surface area contributed by atoms with Gasteiger partial charge in [-0.15, -0.1) is 0 Å². The van der Waals surface area contributed by atoms with E-state index in [0.29, 0.717) is 0 Å². The van der Waals surface area contributed by atoms with Crippen molar-refractivity contribution in [3.63, 3.8) is 0 Å². The first kappa shape index (κ1) is 16.0. The molecule has 1 radical (unpaired) electrons. The molecular weight excluding hydrogens is 272 g/mol. The highest BCUT2D eigenvalue weighted by Gasteiger charge is 2.46. The predicted molar refractivity (Wildman–Crippen MR) is 64.8 cm³/mol. The van der Waals surface area contributed by atoms with Gasteiger partial charge in [0.05, 0.1) is 12.6 Å². The van der Waals surface area contributed by atoms with Crippen molar-refractivity contribution in [1.29, 1.82) is 0 Å². The molecule has 0 aromatic carbocycles. The fourth-order valence-corrected chi connectivity index (χ4v) is 2.30. The first-order chi connectivity index (χ1) is 9.49. The monoisotopic (exact) mass is 293 g/mol. The average molecular weight is 293 g/mol. The minimum Gasteiger partial charge on any atom is -0.394 e. The van der Waals surface area contributed by atoms with Gasteiger partial charge in [0.2, 0.25) is 0 Å². The van der Waals surface area contributed by atoms with E-state index in [2.05, 4.69) is 0 Å². The molecule has 8 atom stereocenters. The van der Waals surface area contributed by atoms with Crippen molar-refractivity contribution >= 4 is 0 Å². The van der Waals surface area contributed by atoms with Gasteiger partial charge in [0.25, 0.3) is 0 Å². The summed E-state index contributed by atoms with van der Waals surface area (Å²) in [5.41, 5.74) is 11.2. The molecule has 2 fully saturated rings. The van der Waals surface area contributed by atoms with Gasteiger partial charge in [-0.05, 0) is 0 Å². The number of rotatable bonds is 4. The lowest BCUT2D eigenvalue weighted by atomic mass is 9.97. The Kier molecular flexibility index (Phi) is 5.29. The van der Waals surface area contributed by atoms with Crippen LogP contribution in [0.1, 0.15) is 0 Å². The number of hydrogen-bond acceptors (Lipinski definition) is 9. The van der Waals surface area contributed by atoms with Crippen LogP contribution in [-0.4, -0.2) is 82.5 Å². The Morgan fingerprint density at radius 2 is 1.85 bits per heavy atom. The summed E-state index contributed by atoms with van der Waals surface area (Å²) < 4.78 is 15.9. The Balaban J connectivity index is 2.03. The molecule has 0 saturated carbocycles. The highest BCUT2D eigenvalue weighted by molar-refractivity contribution is 4.95. The van der Waals surface area contributed by atoms with Crippen molar-refractivity contribution < 1.29 is 34.6 Å². The van der Waals surface area contributed by atoms with Crippen LogP contribution in [0, 0.1) is 6.61 Å². The first-order valence-electron chi connectivity index (χ1n) is 6.40. The van der Waals surface area contributed by atoms with Crippen molar-refractivity contribution in [2.45, 2.75) is 49.0 Å². The van der Waals surface area contributed by atoms with E-state index >= 15 is 0 Å². The number of hydrogen-bond donors (Lipinski definition) is 6. The van der Waals surface area contributed by atoms with Gasteiger partial charge in [-0.1, -0.05) is 0 Å². The average Bonchev–Trinajstić information content (AvgIpc) is 2.80. The second kappa shape index (κ2) is 6.60. The normalized spacial score (nSPS) is 49.5. The van der Waals surface area contributed by atoms with Crippen LogP contribution >= 0.6 is 0 Å². The molecule has 117 valence electrons. The van der Waals surface area contributed by atoms with E-state index in [-0.39, 0.29) is 13.2 Å². The van der Waals surface area contributed by atoms with E-state index in [1.807, 2.05) is 0 Å². The molecule has 2 rings (SSSR count). The van der Waals surface area contributed by atoms with Crippen LogP contribution in [0.15, 0.2) is 0 Å². The third-order valence-electron chi connectivity index (χ3n) is 3.55. The van der Waals surface area contributed by atoms with Crippen molar-refractivity contribution in [2.75, 3.05) is 13.2 Å². The summed E-state index contributed by atoms with van der Waals surface area (Å²) in [5.74, 6) is 0. The van der Waals surface area contributed by atoms with Gasteiger partial charge in [0, 0.05) is 6.54 Å². The van der Waals surface area contributed by atoms with Crippen LogP contribution in [0.5, 0.6) is 0 Å². The van der Waals surface area contributed by atoms with Crippen molar-refractivity contribution in [2.24, 2.45) is 11.5 Å². The number of aliphatic hydroxyl groups is 4.